The first-order valence-electron chi connectivity index (χ1n) is 7.81. The van der Waals surface area contributed by atoms with Crippen LogP contribution >= 0.6 is 11.3 Å². The third-order valence-corrected chi connectivity index (χ3v) is 4.37. The molecule has 0 atom stereocenters. The summed E-state index contributed by atoms with van der Waals surface area (Å²) in [5.74, 6) is 1.31. The maximum absolute atomic E-state index is 4.88. The molecule has 0 saturated carbocycles. The molecule has 0 fully saturated rings. The molecule has 0 aliphatic heterocycles. The molecule has 0 amide bonds. The van der Waals surface area contributed by atoms with Gasteiger partial charge in [-0.1, -0.05) is 58.0 Å². The maximum Gasteiger partial charge on any atom is 0.0937 e. The lowest BCUT2D eigenvalue weighted by molar-refractivity contribution is 0.548. The molecule has 0 aliphatic carbocycles. The molecule has 21 heavy (non-hydrogen) atoms. The molecule has 1 N–H and O–H groups in total. The maximum atomic E-state index is 4.88. The van der Waals surface area contributed by atoms with Crippen molar-refractivity contribution in [3.8, 4) is 10.4 Å². The van der Waals surface area contributed by atoms with E-state index in [9.17, 15) is 0 Å². The fraction of sp³-hybridized carbons (Fsp3) is 0.500. The molecule has 1 heterocycles. The van der Waals surface area contributed by atoms with E-state index in [0.717, 1.165) is 19.5 Å². The zero-order chi connectivity index (χ0) is 15.2. The Labute approximate surface area is 132 Å². The molecule has 0 bridgehead atoms. The summed E-state index contributed by atoms with van der Waals surface area (Å²) in [5.41, 5.74) is 2.48. The van der Waals surface area contributed by atoms with Crippen molar-refractivity contribution >= 4 is 11.3 Å². The fourth-order valence-corrected chi connectivity index (χ4v) is 3.55. The third kappa shape index (κ3) is 4.94. The largest absolute Gasteiger partial charge is 0.311 e. The Kier molecular flexibility index (Phi) is 5.95. The summed E-state index contributed by atoms with van der Waals surface area (Å²) >= 11 is 1.85. The number of benzene rings is 1. The Bertz CT molecular complexity index is 544. The van der Waals surface area contributed by atoms with Crippen molar-refractivity contribution in [1.29, 1.82) is 0 Å². The molecule has 2 aromatic rings. The average Bonchev–Trinajstić information content (AvgIpc) is 2.81. The standard InChI is InChI=1S/C18H26N2S/c1-13(2)10-17-20-16(12-19-11-14(3)4)18(21-17)15-8-6-5-7-9-15/h5-9,13-14,19H,10-12H2,1-4H3. The van der Waals surface area contributed by atoms with Crippen LogP contribution in [0.4, 0.5) is 0 Å². The Balaban J connectivity index is 2.21. The highest BCUT2D eigenvalue weighted by atomic mass is 32.1. The summed E-state index contributed by atoms with van der Waals surface area (Å²) in [4.78, 5) is 6.20. The normalized spacial score (nSPS) is 11.5. The first-order valence-corrected chi connectivity index (χ1v) is 8.62. The van der Waals surface area contributed by atoms with Gasteiger partial charge in [0.1, 0.15) is 0 Å². The van der Waals surface area contributed by atoms with Crippen molar-refractivity contribution in [3.63, 3.8) is 0 Å². The van der Waals surface area contributed by atoms with Crippen LogP contribution in [0.1, 0.15) is 38.4 Å². The van der Waals surface area contributed by atoms with E-state index >= 15 is 0 Å². The molecule has 2 nitrogen and oxygen atoms in total. The molecular weight excluding hydrogens is 276 g/mol. The van der Waals surface area contributed by atoms with Crippen LogP contribution in [0.25, 0.3) is 10.4 Å². The zero-order valence-corrected chi connectivity index (χ0v) is 14.3. The average molecular weight is 302 g/mol. The molecule has 3 heteroatoms. The lowest BCUT2D eigenvalue weighted by Gasteiger charge is -2.07. The van der Waals surface area contributed by atoms with Gasteiger partial charge in [0, 0.05) is 13.0 Å². The van der Waals surface area contributed by atoms with Gasteiger partial charge in [0.15, 0.2) is 0 Å². The lowest BCUT2D eigenvalue weighted by atomic mass is 10.1. The van der Waals surface area contributed by atoms with E-state index in [-0.39, 0.29) is 0 Å². The van der Waals surface area contributed by atoms with Gasteiger partial charge in [-0.05, 0) is 23.9 Å². The van der Waals surface area contributed by atoms with Crippen molar-refractivity contribution in [2.24, 2.45) is 11.8 Å². The van der Waals surface area contributed by atoms with Gasteiger partial charge in [-0.25, -0.2) is 4.98 Å². The predicted molar refractivity (Wildman–Crippen MR) is 92.6 cm³/mol. The van der Waals surface area contributed by atoms with Gasteiger partial charge >= 0.3 is 0 Å². The van der Waals surface area contributed by atoms with Crippen molar-refractivity contribution in [2.45, 2.75) is 40.7 Å². The van der Waals surface area contributed by atoms with Gasteiger partial charge < -0.3 is 5.32 Å². The summed E-state index contributed by atoms with van der Waals surface area (Å²) < 4.78 is 0. The number of hydrogen-bond acceptors (Lipinski definition) is 3. The van der Waals surface area contributed by atoms with Crippen LogP contribution < -0.4 is 5.32 Å². The molecule has 1 aromatic carbocycles. The van der Waals surface area contributed by atoms with Crippen LogP contribution in [0.15, 0.2) is 30.3 Å². The molecule has 114 valence electrons. The summed E-state index contributed by atoms with van der Waals surface area (Å²) in [5, 5.41) is 4.78. The van der Waals surface area contributed by atoms with Gasteiger partial charge in [0.05, 0.1) is 15.6 Å². The van der Waals surface area contributed by atoms with E-state index in [1.807, 2.05) is 11.3 Å². The van der Waals surface area contributed by atoms with Crippen molar-refractivity contribution in [2.75, 3.05) is 6.54 Å². The zero-order valence-electron chi connectivity index (χ0n) is 13.5. The Hall–Kier alpha value is -1.19. The summed E-state index contributed by atoms with van der Waals surface area (Å²) in [6, 6.07) is 10.6. The Morgan fingerprint density at radius 3 is 2.38 bits per heavy atom. The van der Waals surface area contributed by atoms with Gasteiger partial charge in [-0.15, -0.1) is 11.3 Å². The van der Waals surface area contributed by atoms with Gasteiger partial charge in [-0.3, -0.25) is 0 Å². The highest BCUT2D eigenvalue weighted by molar-refractivity contribution is 7.15. The van der Waals surface area contributed by atoms with Crippen molar-refractivity contribution in [3.05, 3.63) is 41.0 Å². The van der Waals surface area contributed by atoms with E-state index in [2.05, 4.69) is 63.3 Å². The quantitative estimate of drug-likeness (QED) is 0.798. The van der Waals surface area contributed by atoms with E-state index < -0.39 is 0 Å². The second-order valence-electron chi connectivity index (χ2n) is 6.37. The van der Waals surface area contributed by atoms with Gasteiger partial charge in [-0.2, -0.15) is 0 Å². The number of thiazole rings is 1. The minimum Gasteiger partial charge on any atom is -0.311 e. The molecule has 0 saturated heterocycles. The van der Waals surface area contributed by atoms with Crippen LogP contribution in [0.2, 0.25) is 0 Å². The van der Waals surface area contributed by atoms with E-state index in [0.29, 0.717) is 11.8 Å². The van der Waals surface area contributed by atoms with Crippen molar-refractivity contribution < 1.29 is 0 Å². The van der Waals surface area contributed by atoms with Crippen LogP contribution in [-0.2, 0) is 13.0 Å². The summed E-state index contributed by atoms with van der Waals surface area (Å²) in [7, 11) is 0. The first-order chi connectivity index (χ1) is 10.1. The van der Waals surface area contributed by atoms with E-state index in [1.54, 1.807) is 0 Å². The highest BCUT2D eigenvalue weighted by Gasteiger charge is 2.13. The minimum absolute atomic E-state index is 0.649. The number of nitrogens with zero attached hydrogens (tertiary/aromatic N) is 1. The monoisotopic (exact) mass is 302 g/mol. The van der Waals surface area contributed by atoms with Crippen LogP contribution in [0, 0.1) is 11.8 Å². The SMILES string of the molecule is CC(C)CNCc1nc(CC(C)C)sc1-c1ccccc1. The van der Waals surface area contributed by atoms with Crippen LogP contribution in [0.3, 0.4) is 0 Å². The second kappa shape index (κ2) is 7.71. The smallest absolute Gasteiger partial charge is 0.0937 e. The van der Waals surface area contributed by atoms with Gasteiger partial charge in [0.25, 0.3) is 0 Å². The number of nitrogens with one attached hydrogen (secondary N) is 1. The molecule has 0 radical (unpaired) electrons. The Morgan fingerprint density at radius 2 is 1.76 bits per heavy atom. The predicted octanol–water partition coefficient (Wildman–Crippen LogP) is 4.75. The number of hydrogen-bond donors (Lipinski definition) is 1. The summed E-state index contributed by atoms with van der Waals surface area (Å²) in [6.45, 7) is 10.9. The first kappa shape index (κ1) is 16.2. The molecule has 0 unspecified atom stereocenters. The van der Waals surface area contributed by atoms with E-state index in [4.69, 9.17) is 4.98 Å². The Morgan fingerprint density at radius 1 is 1.05 bits per heavy atom. The highest BCUT2D eigenvalue weighted by Crippen LogP contribution is 2.31. The summed E-state index contributed by atoms with van der Waals surface area (Å²) in [6.07, 6.45) is 1.06. The van der Waals surface area contributed by atoms with Crippen molar-refractivity contribution in [1.82, 2.24) is 10.3 Å². The van der Waals surface area contributed by atoms with Gasteiger partial charge in [0.2, 0.25) is 0 Å². The van der Waals surface area contributed by atoms with Crippen LogP contribution in [0.5, 0.6) is 0 Å². The van der Waals surface area contributed by atoms with E-state index in [1.165, 1.54) is 21.1 Å². The molecule has 1 aromatic heterocycles. The number of aromatic nitrogens is 1. The second-order valence-corrected chi connectivity index (χ2v) is 7.46. The minimum atomic E-state index is 0.649. The lowest BCUT2D eigenvalue weighted by Crippen LogP contribution is -2.19. The number of rotatable bonds is 7. The van der Waals surface area contributed by atoms with Crippen LogP contribution in [-0.4, -0.2) is 11.5 Å². The molecule has 0 aliphatic rings. The molecular formula is C18H26N2S. The third-order valence-electron chi connectivity index (χ3n) is 3.21. The topological polar surface area (TPSA) is 24.9 Å². The fourth-order valence-electron chi connectivity index (χ4n) is 2.25. The molecule has 2 rings (SSSR count). The molecule has 0 spiro atoms.